The standard InChI is InChI=1S/C17H15ClN6O4S2/c18-9-1-6-13-12(7-9)15(22-23-17(19)29)16(26)24(13)8-14(25)21-10-2-4-11(5-3-10)30(20,27)28/h1-7,26H,8H2,(H2,19,29)(H,21,25)(H2,20,27,28). The zero-order valence-corrected chi connectivity index (χ0v) is 17.5. The molecule has 3 aromatic rings. The largest absolute Gasteiger partial charge is 0.493 e. The van der Waals surface area contributed by atoms with Crippen LogP contribution in [0.5, 0.6) is 5.88 Å². The number of carbonyl (C=O) groups excluding carboxylic acids is 1. The molecule has 0 atom stereocenters. The van der Waals surface area contributed by atoms with E-state index in [1.165, 1.54) is 28.8 Å². The number of carbonyl (C=O) groups is 1. The van der Waals surface area contributed by atoms with Crippen LogP contribution in [-0.2, 0) is 21.4 Å². The summed E-state index contributed by atoms with van der Waals surface area (Å²) < 4.78 is 23.9. The number of fused-ring (bicyclic) bond motifs is 1. The SMILES string of the molecule is NC(=S)N=Nc1c(O)n(CC(=O)Nc2ccc(S(N)(=O)=O)cc2)c2ccc(Cl)cc12. The Kier molecular flexibility index (Phi) is 6.03. The molecule has 0 unspecified atom stereocenters. The number of nitrogens with two attached hydrogens (primary N) is 2. The van der Waals surface area contributed by atoms with Crippen LogP contribution in [0.15, 0.2) is 57.6 Å². The van der Waals surface area contributed by atoms with Crippen LogP contribution >= 0.6 is 23.8 Å². The smallest absolute Gasteiger partial charge is 0.244 e. The van der Waals surface area contributed by atoms with Crippen molar-refractivity contribution >= 4 is 67.1 Å². The molecule has 0 bridgehead atoms. The lowest BCUT2D eigenvalue weighted by molar-refractivity contribution is -0.116. The highest BCUT2D eigenvalue weighted by atomic mass is 35.5. The van der Waals surface area contributed by atoms with Gasteiger partial charge in [0.2, 0.25) is 26.9 Å². The van der Waals surface area contributed by atoms with Gasteiger partial charge in [-0.25, -0.2) is 13.6 Å². The lowest BCUT2D eigenvalue weighted by Crippen LogP contribution is -2.18. The third kappa shape index (κ3) is 4.74. The molecule has 3 rings (SSSR count). The number of aromatic hydroxyl groups is 1. The van der Waals surface area contributed by atoms with Crippen molar-refractivity contribution in [3.05, 3.63) is 47.5 Å². The number of nitrogens with zero attached hydrogens (tertiary/aromatic N) is 3. The fourth-order valence-electron chi connectivity index (χ4n) is 2.73. The monoisotopic (exact) mass is 466 g/mol. The quantitative estimate of drug-likeness (QED) is 0.333. The van der Waals surface area contributed by atoms with Gasteiger partial charge < -0.3 is 20.7 Å². The van der Waals surface area contributed by atoms with Gasteiger partial charge in [-0.3, -0.25) is 4.79 Å². The van der Waals surface area contributed by atoms with Gasteiger partial charge in [0.25, 0.3) is 0 Å². The summed E-state index contributed by atoms with van der Waals surface area (Å²) in [6.45, 7) is -0.274. The Morgan fingerprint density at radius 2 is 1.90 bits per heavy atom. The minimum atomic E-state index is -3.84. The molecule has 13 heteroatoms. The van der Waals surface area contributed by atoms with E-state index in [2.05, 4.69) is 27.8 Å². The van der Waals surface area contributed by atoms with E-state index in [9.17, 15) is 18.3 Å². The van der Waals surface area contributed by atoms with E-state index in [4.69, 9.17) is 22.5 Å². The van der Waals surface area contributed by atoms with Crippen molar-refractivity contribution in [1.29, 1.82) is 0 Å². The number of benzene rings is 2. The van der Waals surface area contributed by atoms with E-state index in [0.717, 1.165) is 0 Å². The minimum absolute atomic E-state index is 0.0607. The summed E-state index contributed by atoms with van der Waals surface area (Å²) in [5.74, 6) is -0.815. The normalized spacial score (nSPS) is 11.8. The fourth-order valence-corrected chi connectivity index (χ4v) is 3.45. The van der Waals surface area contributed by atoms with Gasteiger partial charge in [0.15, 0.2) is 5.69 Å². The molecule has 0 fully saturated rings. The molecule has 2 aromatic carbocycles. The van der Waals surface area contributed by atoms with Crippen molar-refractivity contribution in [3.63, 3.8) is 0 Å². The third-order valence-electron chi connectivity index (χ3n) is 3.99. The van der Waals surface area contributed by atoms with Crippen molar-refractivity contribution in [2.45, 2.75) is 11.4 Å². The first-order valence-electron chi connectivity index (χ1n) is 8.21. The maximum absolute atomic E-state index is 12.5. The molecule has 1 amide bonds. The number of primary sulfonamides is 1. The van der Waals surface area contributed by atoms with Gasteiger partial charge in [-0.15, -0.1) is 10.2 Å². The summed E-state index contributed by atoms with van der Waals surface area (Å²) in [6, 6.07) is 10.1. The molecule has 0 radical (unpaired) electrons. The van der Waals surface area contributed by atoms with Crippen LogP contribution in [0.2, 0.25) is 5.02 Å². The summed E-state index contributed by atoms with van der Waals surface area (Å²) in [4.78, 5) is 12.4. The van der Waals surface area contributed by atoms with Gasteiger partial charge in [-0.1, -0.05) is 11.6 Å². The molecule has 0 aliphatic heterocycles. The van der Waals surface area contributed by atoms with Crippen LogP contribution in [0.1, 0.15) is 0 Å². The van der Waals surface area contributed by atoms with E-state index in [1.54, 1.807) is 18.2 Å². The average Bonchev–Trinajstić information content (AvgIpc) is 2.90. The number of rotatable bonds is 5. The van der Waals surface area contributed by atoms with E-state index < -0.39 is 15.9 Å². The number of azo groups is 1. The summed E-state index contributed by atoms with van der Waals surface area (Å²) >= 11 is 10.7. The molecule has 1 aromatic heterocycles. The number of aromatic nitrogens is 1. The highest BCUT2D eigenvalue weighted by molar-refractivity contribution is 7.89. The van der Waals surface area contributed by atoms with Gasteiger partial charge in [0.05, 0.1) is 10.4 Å². The zero-order valence-electron chi connectivity index (χ0n) is 15.1. The van der Waals surface area contributed by atoms with Gasteiger partial charge in [-0.2, -0.15) is 0 Å². The van der Waals surface area contributed by atoms with Crippen LogP contribution < -0.4 is 16.2 Å². The van der Waals surface area contributed by atoms with Crippen molar-refractivity contribution < 1.29 is 18.3 Å². The van der Waals surface area contributed by atoms with E-state index >= 15 is 0 Å². The predicted octanol–water partition coefficient (Wildman–Crippen LogP) is 2.61. The molecule has 0 saturated carbocycles. The first-order valence-corrected chi connectivity index (χ1v) is 10.5. The van der Waals surface area contributed by atoms with Gasteiger partial charge in [0.1, 0.15) is 6.54 Å². The van der Waals surface area contributed by atoms with Crippen molar-refractivity contribution in [1.82, 2.24) is 4.57 Å². The Bertz CT molecular complexity index is 1290. The predicted molar refractivity (Wildman–Crippen MR) is 116 cm³/mol. The second-order valence-electron chi connectivity index (χ2n) is 6.08. The number of hydrogen-bond acceptors (Lipinski definition) is 6. The van der Waals surface area contributed by atoms with Crippen LogP contribution in [0.25, 0.3) is 10.9 Å². The minimum Gasteiger partial charge on any atom is -0.493 e. The summed E-state index contributed by atoms with van der Waals surface area (Å²) in [5.41, 5.74) is 6.21. The highest BCUT2D eigenvalue weighted by Gasteiger charge is 2.19. The molecule has 30 heavy (non-hydrogen) atoms. The zero-order chi connectivity index (χ0) is 22.1. The van der Waals surface area contributed by atoms with E-state index in [-0.39, 0.29) is 28.1 Å². The number of thiocarbonyl (C=S) groups is 1. The Morgan fingerprint density at radius 3 is 2.50 bits per heavy atom. The van der Waals surface area contributed by atoms with Crippen LogP contribution in [0.4, 0.5) is 11.4 Å². The topological polar surface area (TPSA) is 165 Å². The lowest BCUT2D eigenvalue weighted by atomic mass is 10.2. The third-order valence-corrected chi connectivity index (χ3v) is 5.23. The Balaban J connectivity index is 1.90. The first kappa shape index (κ1) is 21.6. The average molecular weight is 467 g/mol. The van der Waals surface area contributed by atoms with E-state index in [1.807, 2.05) is 0 Å². The summed E-state index contributed by atoms with van der Waals surface area (Å²) in [5, 5.41) is 26.3. The molecular formula is C17H15ClN6O4S2. The molecule has 0 spiro atoms. The molecule has 0 aliphatic rings. The highest BCUT2D eigenvalue weighted by Crippen LogP contribution is 2.40. The maximum atomic E-state index is 12.5. The number of anilines is 1. The maximum Gasteiger partial charge on any atom is 0.244 e. The number of amides is 1. The molecule has 0 saturated heterocycles. The second-order valence-corrected chi connectivity index (χ2v) is 8.49. The second kappa shape index (κ2) is 8.36. The van der Waals surface area contributed by atoms with E-state index in [0.29, 0.717) is 21.6 Å². The number of hydrogen-bond donors (Lipinski definition) is 4. The fraction of sp³-hybridized carbons (Fsp3) is 0.0588. The Morgan fingerprint density at radius 1 is 1.23 bits per heavy atom. The summed E-state index contributed by atoms with van der Waals surface area (Å²) in [7, 11) is -3.84. The summed E-state index contributed by atoms with van der Waals surface area (Å²) in [6.07, 6.45) is 0. The van der Waals surface area contributed by atoms with Crippen molar-refractivity contribution in [2.24, 2.45) is 21.1 Å². The number of halogens is 1. The lowest BCUT2D eigenvalue weighted by Gasteiger charge is -2.09. The molecule has 0 aliphatic carbocycles. The number of nitrogens with one attached hydrogen (secondary N) is 1. The molecule has 10 nitrogen and oxygen atoms in total. The van der Waals surface area contributed by atoms with Gasteiger partial charge >= 0.3 is 0 Å². The first-order chi connectivity index (χ1) is 14.1. The van der Waals surface area contributed by atoms with Crippen LogP contribution in [0, 0.1) is 0 Å². The van der Waals surface area contributed by atoms with Gasteiger partial charge in [0, 0.05) is 16.1 Å². The number of sulfonamides is 1. The van der Waals surface area contributed by atoms with Crippen molar-refractivity contribution in [3.8, 4) is 5.88 Å². The Labute approximate surface area is 181 Å². The molecule has 6 N–H and O–H groups in total. The molecule has 1 heterocycles. The molecule has 156 valence electrons. The van der Waals surface area contributed by atoms with Crippen LogP contribution in [-0.4, -0.2) is 29.1 Å². The van der Waals surface area contributed by atoms with Crippen LogP contribution in [0.3, 0.4) is 0 Å². The Hall–Kier alpha value is -3.06. The van der Waals surface area contributed by atoms with Crippen molar-refractivity contribution in [2.75, 3.05) is 5.32 Å². The molecular weight excluding hydrogens is 452 g/mol. The van der Waals surface area contributed by atoms with Gasteiger partial charge in [-0.05, 0) is 54.7 Å².